The smallest absolute Gasteiger partial charge is 0.226 e. The van der Waals surface area contributed by atoms with Crippen LogP contribution in [0.3, 0.4) is 0 Å². The Bertz CT molecular complexity index is 964. The van der Waals surface area contributed by atoms with E-state index in [1.54, 1.807) is 0 Å². The minimum absolute atomic E-state index is 0.0183. The number of benzene rings is 2. The summed E-state index contributed by atoms with van der Waals surface area (Å²) in [6.07, 6.45) is 3.74. The third kappa shape index (κ3) is 5.19. The van der Waals surface area contributed by atoms with Crippen molar-refractivity contribution in [2.24, 2.45) is 0 Å². The van der Waals surface area contributed by atoms with E-state index < -0.39 is 5.60 Å². The molecule has 1 aliphatic heterocycles. The summed E-state index contributed by atoms with van der Waals surface area (Å²) in [7, 11) is 0. The molecule has 158 valence electrons. The fraction of sp³-hybridized carbons (Fsp3) is 0.391. The van der Waals surface area contributed by atoms with Gasteiger partial charge in [0.05, 0.1) is 15.8 Å². The molecule has 0 unspecified atom stereocenters. The number of carbonyl (C=O) groups is 1. The number of aromatic nitrogens is 1. The predicted octanol–water partition coefficient (Wildman–Crippen LogP) is 5.04. The topological polar surface area (TPSA) is 65.5 Å². The highest BCUT2D eigenvalue weighted by molar-refractivity contribution is 7.22. The molecule has 0 radical (unpaired) electrons. The third-order valence-electron chi connectivity index (χ3n) is 5.73. The molecule has 0 saturated carbocycles. The number of likely N-dealkylation sites (tertiary alicyclic amines) is 1. The molecule has 0 spiro atoms. The number of aliphatic hydroxyl groups is 1. The van der Waals surface area contributed by atoms with Crippen molar-refractivity contribution in [2.45, 2.75) is 37.7 Å². The van der Waals surface area contributed by atoms with E-state index in [-0.39, 0.29) is 5.91 Å². The normalized spacial score (nSPS) is 16.6. The lowest BCUT2D eigenvalue weighted by atomic mass is 9.84. The molecule has 7 heteroatoms. The fourth-order valence-corrected chi connectivity index (χ4v) is 4.93. The third-order valence-corrected chi connectivity index (χ3v) is 6.94. The van der Waals surface area contributed by atoms with Gasteiger partial charge in [0, 0.05) is 24.5 Å². The average Bonchev–Trinajstić information content (AvgIpc) is 3.15. The largest absolute Gasteiger partial charge is 0.385 e. The monoisotopic (exact) mass is 443 g/mol. The van der Waals surface area contributed by atoms with E-state index in [0.717, 1.165) is 48.3 Å². The first-order valence-corrected chi connectivity index (χ1v) is 11.6. The van der Waals surface area contributed by atoms with Crippen molar-refractivity contribution in [3.63, 3.8) is 0 Å². The van der Waals surface area contributed by atoms with Crippen LogP contribution in [0.1, 0.15) is 37.7 Å². The fourth-order valence-electron chi connectivity index (χ4n) is 3.92. The number of unbranched alkanes of at least 4 members (excludes halogenated alkanes) is 1. The van der Waals surface area contributed by atoms with E-state index in [2.05, 4.69) is 15.2 Å². The van der Waals surface area contributed by atoms with Gasteiger partial charge in [-0.15, -0.1) is 0 Å². The Labute approximate surface area is 185 Å². The van der Waals surface area contributed by atoms with E-state index in [4.69, 9.17) is 11.6 Å². The van der Waals surface area contributed by atoms with Crippen molar-refractivity contribution < 1.29 is 9.90 Å². The summed E-state index contributed by atoms with van der Waals surface area (Å²) >= 11 is 7.46. The summed E-state index contributed by atoms with van der Waals surface area (Å²) in [6.45, 7) is 2.67. The first-order valence-electron chi connectivity index (χ1n) is 10.4. The summed E-state index contributed by atoms with van der Waals surface area (Å²) in [4.78, 5) is 19.0. The lowest BCUT2D eigenvalue weighted by Gasteiger charge is -2.38. The molecule has 4 rings (SSSR count). The van der Waals surface area contributed by atoms with Gasteiger partial charge in [0.25, 0.3) is 0 Å². The average molecular weight is 444 g/mol. The highest BCUT2D eigenvalue weighted by Crippen LogP contribution is 2.33. The second-order valence-electron chi connectivity index (χ2n) is 7.87. The van der Waals surface area contributed by atoms with Crippen LogP contribution in [0.15, 0.2) is 48.5 Å². The zero-order valence-corrected chi connectivity index (χ0v) is 18.4. The summed E-state index contributed by atoms with van der Waals surface area (Å²) in [5.74, 6) is 0.0183. The number of rotatable bonds is 7. The number of amides is 1. The van der Waals surface area contributed by atoms with Crippen LogP contribution in [0.25, 0.3) is 10.2 Å². The van der Waals surface area contributed by atoms with Gasteiger partial charge >= 0.3 is 0 Å². The molecule has 2 N–H and O–H groups in total. The first kappa shape index (κ1) is 21.2. The molecule has 5 nitrogen and oxygen atoms in total. The van der Waals surface area contributed by atoms with Crippen LogP contribution in [-0.2, 0) is 10.4 Å². The molecule has 1 saturated heterocycles. The van der Waals surface area contributed by atoms with Gasteiger partial charge in [-0.25, -0.2) is 4.98 Å². The quantitative estimate of drug-likeness (QED) is 0.502. The summed E-state index contributed by atoms with van der Waals surface area (Å²) in [5.41, 5.74) is 1.10. The minimum Gasteiger partial charge on any atom is -0.385 e. The predicted molar refractivity (Wildman–Crippen MR) is 123 cm³/mol. The summed E-state index contributed by atoms with van der Waals surface area (Å²) in [5, 5.41) is 15.2. The number of fused-ring (bicyclic) bond motifs is 1. The SMILES string of the molecule is O=C(CCCCN1CCC(O)(c2ccc(Cl)cc2)CC1)Nc1nc2ccccc2s1. The number of piperidine rings is 1. The van der Waals surface area contributed by atoms with Crippen LogP contribution in [0, 0.1) is 0 Å². The lowest BCUT2D eigenvalue weighted by molar-refractivity contribution is -0.116. The number of nitrogens with one attached hydrogen (secondary N) is 1. The van der Waals surface area contributed by atoms with Gasteiger partial charge in [0.1, 0.15) is 0 Å². The molecule has 2 heterocycles. The highest BCUT2D eigenvalue weighted by Gasteiger charge is 2.33. The maximum atomic E-state index is 12.2. The van der Waals surface area contributed by atoms with Crippen LogP contribution in [0.5, 0.6) is 0 Å². The second-order valence-corrected chi connectivity index (χ2v) is 9.34. The molecule has 0 atom stereocenters. The molecule has 30 heavy (non-hydrogen) atoms. The second kappa shape index (κ2) is 9.43. The molecule has 1 amide bonds. The molecule has 0 aliphatic carbocycles. The van der Waals surface area contributed by atoms with Gasteiger partial charge in [-0.05, 0) is 62.1 Å². The molecule has 1 aromatic heterocycles. The Morgan fingerprint density at radius 1 is 1.13 bits per heavy atom. The van der Waals surface area contributed by atoms with Gasteiger partial charge in [-0.3, -0.25) is 4.79 Å². The standard InChI is InChI=1S/C23H26ClN3O2S/c24-18-10-8-17(9-11-18)23(29)12-15-27(16-13-23)14-4-3-7-21(28)26-22-25-19-5-1-2-6-20(19)30-22/h1-2,5-6,8-11,29H,3-4,7,12-16H2,(H,25,26,28). The zero-order valence-electron chi connectivity index (χ0n) is 16.8. The van der Waals surface area contributed by atoms with Gasteiger partial charge < -0.3 is 15.3 Å². The molecule has 1 fully saturated rings. The number of halogens is 1. The Morgan fingerprint density at radius 3 is 2.60 bits per heavy atom. The van der Waals surface area contributed by atoms with Crippen molar-refractivity contribution in [3.05, 3.63) is 59.1 Å². The number of carbonyl (C=O) groups excluding carboxylic acids is 1. The Hall–Kier alpha value is -1.99. The van der Waals surface area contributed by atoms with Gasteiger partial charge in [0.15, 0.2) is 5.13 Å². The molecule has 3 aromatic rings. The van der Waals surface area contributed by atoms with E-state index in [1.807, 2.05) is 48.5 Å². The number of nitrogens with zero attached hydrogens (tertiary/aromatic N) is 2. The van der Waals surface area contributed by atoms with E-state index in [0.29, 0.717) is 29.4 Å². The van der Waals surface area contributed by atoms with Crippen molar-refractivity contribution in [3.8, 4) is 0 Å². The van der Waals surface area contributed by atoms with Crippen LogP contribution in [0.2, 0.25) is 5.02 Å². The molecule has 1 aliphatic rings. The number of hydrogen-bond donors (Lipinski definition) is 2. The molecule has 2 aromatic carbocycles. The van der Waals surface area contributed by atoms with E-state index >= 15 is 0 Å². The Morgan fingerprint density at radius 2 is 1.87 bits per heavy atom. The summed E-state index contributed by atoms with van der Waals surface area (Å²) < 4.78 is 1.08. The van der Waals surface area contributed by atoms with Gasteiger partial charge in [-0.2, -0.15) is 0 Å². The van der Waals surface area contributed by atoms with Gasteiger partial charge in [-0.1, -0.05) is 47.2 Å². The van der Waals surface area contributed by atoms with Crippen molar-refractivity contribution in [1.29, 1.82) is 0 Å². The van der Waals surface area contributed by atoms with Crippen molar-refractivity contribution in [1.82, 2.24) is 9.88 Å². The Balaban J connectivity index is 1.16. The van der Waals surface area contributed by atoms with E-state index in [1.165, 1.54) is 11.3 Å². The summed E-state index contributed by atoms with van der Waals surface area (Å²) in [6, 6.07) is 15.4. The van der Waals surface area contributed by atoms with Gasteiger partial charge in [0.2, 0.25) is 5.91 Å². The van der Waals surface area contributed by atoms with Crippen LogP contribution in [0.4, 0.5) is 5.13 Å². The maximum absolute atomic E-state index is 12.2. The number of anilines is 1. The lowest BCUT2D eigenvalue weighted by Crippen LogP contribution is -2.42. The maximum Gasteiger partial charge on any atom is 0.226 e. The highest BCUT2D eigenvalue weighted by atomic mass is 35.5. The van der Waals surface area contributed by atoms with E-state index in [9.17, 15) is 9.90 Å². The van der Waals surface area contributed by atoms with Crippen molar-refractivity contribution >= 4 is 44.2 Å². The van der Waals surface area contributed by atoms with Crippen LogP contribution in [-0.4, -0.2) is 40.5 Å². The number of hydrogen-bond acceptors (Lipinski definition) is 5. The molecular formula is C23H26ClN3O2S. The van der Waals surface area contributed by atoms with Crippen LogP contribution >= 0.6 is 22.9 Å². The molecule has 0 bridgehead atoms. The first-order chi connectivity index (χ1) is 14.5. The Kier molecular flexibility index (Phi) is 6.68. The molecular weight excluding hydrogens is 418 g/mol. The van der Waals surface area contributed by atoms with Crippen molar-refractivity contribution in [2.75, 3.05) is 25.0 Å². The number of para-hydroxylation sites is 1. The van der Waals surface area contributed by atoms with Crippen LogP contribution < -0.4 is 5.32 Å². The number of thiazole rings is 1. The zero-order chi connectivity index (χ0) is 21.0. The minimum atomic E-state index is -0.766.